The highest BCUT2D eigenvalue weighted by Crippen LogP contribution is 2.23. The van der Waals surface area contributed by atoms with Gasteiger partial charge in [-0.2, -0.15) is 0 Å². The van der Waals surface area contributed by atoms with E-state index in [-0.39, 0.29) is 0 Å². The van der Waals surface area contributed by atoms with E-state index in [1.54, 1.807) is 19.6 Å². The molecule has 2 heteroatoms. The fourth-order valence-electron chi connectivity index (χ4n) is 1.23. The zero-order valence-electron chi connectivity index (χ0n) is 7.36. The van der Waals surface area contributed by atoms with Gasteiger partial charge >= 0.3 is 0 Å². The molecule has 0 aliphatic rings. The average molecular weight is 174 g/mol. The van der Waals surface area contributed by atoms with Gasteiger partial charge in [0.15, 0.2) is 0 Å². The molecule has 66 valence electrons. The number of rotatable bonds is 2. The second kappa shape index (κ2) is 3.35. The predicted octanol–water partition coefficient (Wildman–Crippen LogP) is 2.96. The first-order valence-corrected chi connectivity index (χ1v) is 4.07. The fourth-order valence-corrected chi connectivity index (χ4v) is 1.23. The summed E-state index contributed by atoms with van der Waals surface area (Å²) >= 11 is 0. The quantitative estimate of drug-likeness (QED) is 0.698. The minimum Gasteiger partial charge on any atom is -0.497 e. The topological polar surface area (TPSA) is 22.4 Å². The molecule has 2 rings (SSSR count). The van der Waals surface area contributed by atoms with Gasteiger partial charge in [-0.1, -0.05) is 12.1 Å². The molecule has 0 spiro atoms. The average Bonchev–Trinajstić information content (AvgIpc) is 2.71. The predicted molar refractivity (Wildman–Crippen MR) is 50.7 cm³/mol. The maximum atomic E-state index is 5.12. The van der Waals surface area contributed by atoms with Crippen LogP contribution in [0.25, 0.3) is 11.1 Å². The molecular formula is C11H10O2. The number of hydrogen-bond acceptors (Lipinski definition) is 2. The summed E-state index contributed by atoms with van der Waals surface area (Å²) in [6.45, 7) is 0. The van der Waals surface area contributed by atoms with Crippen molar-refractivity contribution in [2.45, 2.75) is 0 Å². The van der Waals surface area contributed by atoms with Gasteiger partial charge in [0.05, 0.1) is 19.6 Å². The van der Waals surface area contributed by atoms with Crippen LogP contribution in [0.15, 0.2) is 47.3 Å². The highest BCUT2D eigenvalue weighted by molar-refractivity contribution is 5.63. The van der Waals surface area contributed by atoms with Gasteiger partial charge in [-0.3, -0.25) is 0 Å². The molecule has 0 radical (unpaired) electrons. The molecule has 13 heavy (non-hydrogen) atoms. The molecule has 0 bridgehead atoms. The van der Waals surface area contributed by atoms with Crippen LogP contribution in [0.3, 0.4) is 0 Å². The zero-order chi connectivity index (χ0) is 9.10. The van der Waals surface area contributed by atoms with Crippen molar-refractivity contribution in [2.75, 3.05) is 7.11 Å². The van der Waals surface area contributed by atoms with E-state index in [2.05, 4.69) is 0 Å². The van der Waals surface area contributed by atoms with Crippen LogP contribution >= 0.6 is 0 Å². The van der Waals surface area contributed by atoms with Crippen molar-refractivity contribution in [3.8, 4) is 16.9 Å². The van der Waals surface area contributed by atoms with E-state index in [1.165, 1.54) is 0 Å². The number of benzene rings is 1. The summed E-state index contributed by atoms with van der Waals surface area (Å²) in [6, 6.07) is 9.80. The van der Waals surface area contributed by atoms with Gasteiger partial charge in [-0.25, -0.2) is 0 Å². The van der Waals surface area contributed by atoms with Crippen molar-refractivity contribution in [1.82, 2.24) is 0 Å². The van der Waals surface area contributed by atoms with Crippen LogP contribution in [0, 0.1) is 0 Å². The van der Waals surface area contributed by atoms with Crippen LogP contribution in [-0.2, 0) is 0 Å². The molecule has 0 aliphatic carbocycles. The number of ether oxygens (including phenoxy) is 1. The van der Waals surface area contributed by atoms with Crippen LogP contribution in [-0.4, -0.2) is 7.11 Å². The molecular weight excluding hydrogens is 164 g/mol. The van der Waals surface area contributed by atoms with E-state index in [0.29, 0.717) is 0 Å². The summed E-state index contributed by atoms with van der Waals surface area (Å²) in [6.07, 6.45) is 3.38. The number of hydrogen-bond donors (Lipinski definition) is 0. The maximum Gasteiger partial charge on any atom is 0.119 e. The Morgan fingerprint density at radius 1 is 1.15 bits per heavy atom. The van der Waals surface area contributed by atoms with Crippen LogP contribution in [0.5, 0.6) is 5.75 Å². The van der Waals surface area contributed by atoms with Gasteiger partial charge in [-0.05, 0) is 23.8 Å². The second-order valence-corrected chi connectivity index (χ2v) is 2.74. The van der Waals surface area contributed by atoms with Crippen LogP contribution < -0.4 is 4.74 Å². The van der Waals surface area contributed by atoms with E-state index in [4.69, 9.17) is 9.15 Å². The van der Waals surface area contributed by atoms with Crippen LogP contribution in [0.1, 0.15) is 0 Å². The van der Waals surface area contributed by atoms with E-state index < -0.39 is 0 Å². The molecule has 1 aromatic heterocycles. The van der Waals surface area contributed by atoms with E-state index in [0.717, 1.165) is 16.9 Å². The van der Waals surface area contributed by atoms with Crippen molar-refractivity contribution in [2.24, 2.45) is 0 Å². The third-order valence-electron chi connectivity index (χ3n) is 1.92. The zero-order valence-corrected chi connectivity index (χ0v) is 7.36. The largest absolute Gasteiger partial charge is 0.497 e. The van der Waals surface area contributed by atoms with Crippen molar-refractivity contribution in [1.29, 1.82) is 0 Å². The van der Waals surface area contributed by atoms with E-state index in [1.807, 2.05) is 30.3 Å². The van der Waals surface area contributed by atoms with Crippen LogP contribution in [0.4, 0.5) is 0 Å². The Kier molecular flexibility index (Phi) is 2.04. The SMILES string of the molecule is COc1cccc(-c2ccoc2)c1. The monoisotopic (exact) mass is 174 g/mol. The van der Waals surface area contributed by atoms with Crippen LogP contribution in [0.2, 0.25) is 0 Å². The normalized spacial score (nSPS) is 9.92. The number of methoxy groups -OCH3 is 1. The van der Waals surface area contributed by atoms with Gasteiger partial charge < -0.3 is 9.15 Å². The molecule has 1 heterocycles. The first kappa shape index (κ1) is 7.92. The second-order valence-electron chi connectivity index (χ2n) is 2.74. The molecule has 0 aliphatic heterocycles. The highest BCUT2D eigenvalue weighted by Gasteiger charge is 1.99. The lowest BCUT2D eigenvalue weighted by molar-refractivity contribution is 0.415. The summed E-state index contributed by atoms with van der Waals surface area (Å²) in [5.74, 6) is 0.860. The molecule has 0 saturated carbocycles. The smallest absolute Gasteiger partial charge is 0.119 e. The Labute approximate surface area is 76.8 Å². The first-order chi connectivity index (χ1) is 6.40. The van der Waals surface area contributed by atoms with Gasteiger partial charge in [0.2, 0.25) is 0 Å². The molecule has 0 saturated heterocycles. The summed E-state index contributed by atoms with van der Waals surface area (Å²) in [5.41, 5.74) is 2.17. The minimum absolute atomic E-state index is 0.860. The lowest BCUT2D eigenvalue weighted by Crippen LogP contribution is -1.82. The standard InChI is InChI=1S/C11H10O2/c1-12-11-4-2-3-9(7-11)10-5-6-13-8-10/h2-8H,1H3. The summed E-state index contributed by atoms with van der Waals surface area (Å²) in [7, 11) is 1.66. The van der Waals surface area contributed by atoms with E-state index in [9.17, 15) is 0 Å². The van der Waals surface area contributed by atoms with Crippen molar-refractivity contribution in [3.05, 3.63) is 42.9 Å². The Morgan fingerprint density at radius 3 is 2.77 bits per heavy atom. The third-order valence-corrected chi connectivity index (χ3v) is 1.92. The van der Waals surface area contributed by atoms with Gasteiger partial charge in [0, 0.05) is 5.56 Å². The van der Waals surface area contributed by atoms with E-state index >= 15 is 0 Å². The Hall–Kier alpha value is -1.70. The Morgan fingerprint density at radius 2 is 2.08 bits per heavy atom. The van der Waals surface area contributed by atoms with Crippen molar-refractivity contribution >= 4 is 0 Å². The fraction of sp³-hybridized carbons (Fsp3) is 0.0909. The van der Waals surface area contributed by atoms with Crippen molar-refractivity contribution < 1.29 is 9.15 Å². The summed E-state index contributed by atoms with van der Waals surface area (Å²) in [4.78, 5) is 0. The van der Waals surface area contributed by atoms with Gasteiger partial charge in [-0.15, -0.1) is 0 Å². The first-order valence-electron chi connectivity index (χ1n) is 4.07. The molecule has 2 nitrogen and oxygen atoms in total. The molecule has 1 aromatic carbocycles. The number of furan rings is 1. The molecule has 0 fully saturated rings. The molecule has 2 aromatic rings. The lowest BCUT2D eigenvalue weighted by atomic mass is 10.1. The molecule has 0 amide bonds. The maximum absolute atomic E-state index is 5.12. The third kappa shape index (κ3) is 1.56. The Balaban J connectivity index is 2.41. The lowest BCUT2D eigenvalue weighted by Gasteiger charge is -2.01. The molecule has 0 atom stereocenters. The highest BCUT2D eigenvalue weighted by atomic mass is 16.5. The molecule has 0 unspecified atom stereocenters. The van der Waals surface area contributed by atoms with Gasteiger partial charge in [0.1, 0.15) is 5.75 Å². The summed E-state index contributed by atoms with van der Waals surface area (Å²) < 4.78 is 10.1. The van der Waals surface area contributed by atoms with Crippen molar-refractivity contribution in [3.63, 3.8) is 0 Å². The minimum atomic E-state index is 0.860. The van der Waals surface area contributed by atoms with Gasteiger partial charge in [0.25, 0.3) is 0 Å². The molecule has 0 N–H and O–H groups in total. The Bertz CT molecular complexity index is 377. The summed E-state index contributed by atoms with van der Waals surface area (Å²) in [5, 5.41) is 0.